The number of aliphatic imine (C=N–C) groups is 1. The Morgan fingerprint density at radius 3 is 2.65 bits per heavy atom. The molecule has 2 rings (SSSR count). The van der Waals surface area contributed by atoms with Crippen molar-refractivity contribution in [3.8, 4) is 5.75 Å². The Kier molecular flexibility index (Phi) is 7.47. The molecule has 1 aromatic carbocycles. The molecule has 0 fully saturated rings. The fourth-order valence-corrected chi connectivity index (χ4v) is 2.27. The number of likely N-dealkylation sites (N-methyl/N-ethyl adjacent to an activating group) is 1. The summed E-state index contributed by atoms with van der Waals surface area (Å²) in [5, 5.41) is 6.49. The van der Waals surface area contributed by atoms with E-state index in [4.69, 9.17) is 9.15 Å². The summed E-state index contributed by atoms with van der Waals surface area (Å²) in [5.41, 5.74) is 2.04. The number of aromatic nitrogens is 1. The summed E-state index contributed by atoms with van der Waals surface area (Å²) >= 11 is 0. The number of nitrogens with one attached hydrogen (secondary N) is 2. The minimum atomic E-state index is 0.488. The fourth-order valence-electron chi connectivity index (χ4n) is 2.27. The van der Waals surface area contributed by atoms with E-state index >= 15 is 0 Å². The number of ether oxygens (including phenoxy) is 1. The molecule has 26 heavy (non-hydrogen) atoms. The van der Waals surface area contributed by atoms with Gasteiger partial charge in [0, 0.05) is 20.1 Å². The van der Waals surface area contributed by atoms with Crippen molar-refractivity contribution in [1.82, 2.24) is 20.5 Å². The third-order valence-corrected chi connectivity index (χ3v) is 3.87. The van der Waals surface area contributed by atoms with E-state index in [-0.39, 0.29) is 0 Å². The van der Waals surface area contributed by atoms with Gasteiger partial charge >= 0.3 is 0 Å². The first-order valence-corrected chi connectivity index (χ1v) is 8.72. The van der Waals surface area contributed by atoms with Crippen LogP contribution < -0.4 is 15.4 Å². The van der Waals surface area contributed by atoms with Crippen molar-refractivity contribution in [3.63, 3.8) is 0 Å². The van der Waals surface area contributed by atoms with E-state index < -0.39 is 0 Å². The molecule has 7 heteroatoms. The van der Waals surface area contributed by atoms with E-state index in [1.807, 2.05) is 46.1 Å². The van der Waals surface area contributed by atoms with Crippen LogP contribution in [0.4, 0.5) is 0 Å². The van der Waals surface area contributed by atoms with Gasteiger partial charge < -0.3 is 24.7 Å². The van der Waals surface area contributed by atoms with Crippen molar-refractivity contribution in [1.29, 1.82) is 0 Å². The highest BCUT2D eigenvalue weighted by Crippen LogP contribution is 2.13. The zero-order valence-electron chi connectivity index (χ0n) is 16.3. The first kappa shape index (κ1) is 19.8. The molecule has 1 aromatic heterocycles. The lowest BCUT2D eigenvalue weighted by atomic mass is 10.2. The highest BCUT2D eigenvalue weighted by Gasteiger charge is 2.06. The van der Waals surface area contributed by atoms with Crippen LogP contribution in [-0.4, -0.2) is 50.1 Å². The van der Waals surface area contributed by atoms with Crippen molar-refractivity contribution < 1.29 is 9.15 Å². The number of oxazole rings is 1. The van der Waals surface area contributed by atoms with Gasteiger partial charge in [-0.05, 0) is 45.6 Å². The molecule has 142 valence electrons. The smallest absolute Gasteiger partial charge is 0.214 e. The van der Waals surface area contributed by atoms with Gasteiger partial charge in [0.15, 0.2) is 5.96 Å². The van der Waals surface area contributed by atoms with Crippen molar-refractivity contribution in [2.45, 2.75) is 26.9 Å². The number of rotatable bonds is 8. The number of hydrogen-bond donors (Lipinski definition) is 2. The van der Waals surface area contributed by atoms with Crippen LogP contribution in [0.5, 0.6) is 5.75 Å². The van der Waals surface area contributed by atoms with Gasteiger partial charge in [-0.1, -0.05) is 12.1 Å². The second-order valence-corrected chi connectivity index (χ2v) is 6.33. The van der Waals surface area contributed by atoms with Crippen molar-refractivity contribution in [3.05, 3.63) is 47.2 Å². The predicted molar refractivity (Wildman–Crippen MR) is 104 cm³/mol. The van der Waals surface area contributed by atoms with Crippen LogP contribution in [0, 0.1) is 13.8 Å². The fraction of sp³-hybridized carbons (Fsp3) is 0.474. The summed E-state index contributed by atoms with van der Waals surface area (Å²) in [6, 6.07) is 8.06. The molecule has 0 saturated heterocycles. The molecule has 2 aromatic rings. The van der Waals surface area contributed by atoms with E-state index in [1.165, 1.54) is 0 Å². The van der Waals surface area contributed by atoms with E-state index in [0.29, 0.717) is 31.5 Å². The predicted octanol–water partition coefficient (Wildman–Crippen LogP) is 2.10. The normalized spacial score (nSPS) is 11.7. The van der Waals surface area contributed by atoms with Gasteiger partial charge in [-0.25, -0.2) is 4.98 Å². The average molecular weight is 359 g/mol. The topological polar surface area (TPSA) is 74.9 Å². The highest BCUT2D eigenvalue weighted by atomic mass is 16.5. The summed E-state index contributed by atoms with van der Waals surface area (Å²) in [5.74, 6) is 3.06. The van der Waals surface area contributed by atoms with Crippen LogP contribution in [0.25, 0.3) is 0 Å². The second kappa shape index (κ2) is 9.82. The molecule has 0 amide bonds. The van der Waals surface area contributed by atoms with Gasteiger partial charge in [-0.2, -0.15) is 0 Å². The standard InChI is InChI=1S/C19H29N5O2/c1-14-15(2)26-18(23-14)13-22-19(20-3)21-12-16-7-6-8-17(11-16)25-10-9-24(4)5/h6-8,11H,9-10,12-13H2,1-5H3,(H2,20,21,22). The minimum Gasteiger partial charge on any atom is -0.492 e. The Morgan fingerprint density at radius 2 is 2.00 bits per heavy atom. The molecule has 0 unspecified atom stereocenters. The van der Waals surface area contributed by atoms with Gasteiger partial charge in [-0.15, -0.1) is 0 Å². The van der Waals surface area contributed by atoms with E-state index in [2.05, 4.69) is 31.6 Å². The Labute approximate surface area is 155 Å². The third-order valence-electron chi connectivity index (χ3n) is 3.87. The molecule has 0 aliphatic heterocycles. The average Bonchev–Trinajstić information content (AvgIpc) is 2.93. The Bertz CT molecular complexity index is 705. The Morgan fingerprint density at radius 1 is 1.23 bits per heavy atom. The molecule has 7 nitrogen and oxygen atoms in total. The van der Waals surface area contributed by atoms with Gasteiger partial charge in [0.25, 0.3) is 0 Å². The lowest BCUT2D eigenvalue weighted by Crippen LogP contribution is -2.36. The maximum Gasteiger partial charge on any atom is 0.214 e. The summed E-state index contributed by atoms with van der Waals surface area (Å²) in [7, 11) is 5.80. The first-order valence-electron chi connectivity index (χ1n) is 8.72. The number of benzene rings is 1. The largest absolute Gasteiger partial charge is 0.492 e. The molecule has 0 atom stereocenters. The first-order chi connectivity index (χ1) is 12.5. The monoisotopic (exact) mass is 359 g/mol. The molecule has 2 N–H and O–H groups in total. The van der Waals surface area contributed by atoms with E-state index in [9.17, 15) is 0 Å². The quantitative estimate of drug-likeness (QED) is 0.555. The molecule has 0 saturated carbocycles. The molecule has 0 aliphatic carbocycles. The second-order valence-electron chi connectivity index (χ2n) is 6.33. The highest BCUT2D eigenvalue weighted by molar-refractivity contribution is 5.79. The Balaban J connectivity index is 1.82. The van der Waals surface area contributed by atoms with E-state index in [0.717, 1.165) is 29.3 Å². The van der Waals surface area contributed by atoms with Crippen molar-refractivity contribution >= 4 is 5.96 Å². The van der Waals surface area contributed by atoms with Crippen LogP contribution >= 0.6 is 0 Å². The van der Waals surface area contributed by atoms with Crippen LogP contribution in [0.15, 0.2) is 33.7 Å². The minimum absolute atomic E-state index is 0.488. The maximum absolute atomic E-state index is 5.77. The zero-order chi connectivity index (χ0) is 18.9. The van der Waals surface area contributed by atoms with Gasteiger partial charge in [0.2, 0.25) is 5.89 Å². The van der Waals surface area contributed by atoms with Gasteiger partial charge in [0.1, 0.15) is 18.1 Å². The van der Waals surface area contributed by atoms with Gasteiger partial charge in [0.05, 0.1) is 12.2 Å². The van der Waals surface area contributed by atoms with Crippen molar-refractivity contribution in [2.24, 2.45) is 4.99 Å². The molecule has 0 radical (unpaired) electrons. The van der Waals surface area contributed by atoms with Crippen LogP contribution in [-0.2, 0) is 13.1 Å². The van der Waals surface area contributed by atoms with Crippen LogP contribution in [0.3, 0.4) is 0 Å². The lowest BCUT2D eigenvalue weighted by molar-refractivity contribution is 0.261. The summed E-state index contributed by atoms with van der Waals surface area (Å²) in [6.45, 7) is 6.53. The number of aryl methyl sites for hydroxylation is 2. The molecule has 0 aliphatic rings. The molecule has 0 bridgehead atoms. The number of guanidine groups is 1. The van der Waals surface area contributed by atoms with E-state index in [1.54, 1.807) is 7.05 Å². The maximum atomic E-state index is 5.77. The number of hydrogen-bond acceptors (Lipinski definition) is 5. The molecule has 1 heterocycles. The molecular weight excluding hydrogens is 330 g/mol. The summed E-state index contributed by atoms with van der Waals surface area (Å²) < 4.78 is 11.3. The number of nitrogens with zero attached hydrogens (tertiary/aromatic N) is 3. The SMILES string of the molecule is CN=C(NCc1cccc(OCCN(C)C)c1)NCc1nc(C)c(C)o1. The summed E-state index contributed by atoms with van der Waals surface area (Å²) in [6.07, 6.45) is 0. The Hall–Kier alpha value is -2.54. The van der Waals surface area contributed by atoms with Crippen molar-refractivity contribution in [2.75, 3.05) is 34.3 Å². The van der Waals surface area contributed by atoms with Crippen LogP contribution in [0.2, 0.25) is 0 Å². The lowest BCUT2D eigenvalue weighted by Gasteiger charge is -2.13. The van der Waals surface area contributed by atoms with Crippen LogP contribution in [0.1, 0.15) is 22.9 Å². The molecular formula is C19H29N5O2. The van der Waals surface area contributed by atoms with Gasteiger partial charge in [-0.3, -0.25) is 4.99 Å². The third kappa shape index (κ3) is 6.40. The molecule has 0 spiro atoms. The summed E-state index contributed by atoms with van der Waals surface area (Å²) in [4.78, 5) is 10.7. The zero-order valence-corrected chi connectivity index (χ0v) is 16.3.